The number of nitrogens with zero attached hydrogens (tertiary/aromatic N) is 2. The Morgan fingerprint density at radius 1 is 1.02 bits per heavy atom. The highest BCUT2D eigenvalue weighted by Crippen LogP contribution is 2.41. The van der Waals surface area contributed by atoms with Crippen LogP contribution in [0.2, 0.25) is 30.7 Å². The number of rotatable bonds is 10. The second kappa shape index (κ2) is 12.3. The molecule has 4 atom stereocenters. The zero-order valence-corrected chi connectivity index (χ0v) is 27.2. The van der Waals surface area contributed by atoms with Crippen LogP contribution >= 0.6 is 11.8 Å². The largest absolute Gasteiger partial charge is 0.405 e. The Kier molecular flexibility index (Phi) is 9.48. The molecule has 0 bridgehead atoms. The van der Waals surface area contributed by atoms with E-state index in [9.17, 15) is 9.90 Å². The van der Waals surface area contributed by atoms with Gasteiger partial charge in [0.2, 0.25) is 0 Å². The highest BCUT2D eigenvalue weighted by Gasteiger charge is 2.52. The van der Waals surface area contributed by atoms with Crippen molar-refractivity contribution >= 4 is 44.3 Å². The minimum Gasteiger partial charge on any atom is -0.405 e. The quantitative estimate of drug-likeness (QED) is 0.340. The molecule has 1 aromatic heterocycles. The molecule has 4 rings (SSSR count). The van der Waals surface area contributed by atoms with E-state index in [1.54, 1.807) is 24.0 Å². The summed E-state index contributed by atoms with van der Waals surface area (Å²) in [5.41, 5.74) is 5.27. The molecule has 1 saturated heterocycles. The lowest BCUT2D eigenvalue weighted by Crippen LogP contribution is -2.67. The summed E-state index contributed by atoms with van der Waals surface area (Å²) in [6.07, 6.45) is -0.491. The van der Waals surface area contributed by atoms with E-state index in [1.807, 2.05) is 12.1 Å². The SMILES string of the molecule is CC(C)(C)[Si](OCC1OC(n2ccc(N)nc2=O)C(SCC[Si](C)(C)C)C1O)(c1ccccc1)c1ccccc1. The van der Waals surface area contributed by atoms with E-state index >= 15 is 0 Å². The average molecular weight is 598 g/mol. The number of aromatic nitrogens is 2. The van der Waals surface area contributed by atoms with E-state index < -0.39 is 40.5 Å². The minimum atomic E-state index is -2.83. The highest BCUT2D eigenvalue weighted by molar-refractivity contribution is 8.00. The number of nitrogens with two attached hydrogens (primary N) is 1. The van der Waals surface area contributed by atoms with E-state index in [-0.39, 0.29) is 22.7 Å². The zero-order valence-electron chi connectivity index (χ0n) is 24.4. The molecule has 2 aromatic carbocycles. The molecule has 0 amide bonds. The molecule has 10 heteroatoms. The Balaban J connectivity index is 1.68. The third-order valence-electron chi connectivity index (χ3n) is 7.48. The van der Waals surface area contributed by atoms with Gasteiger partial charge < -0.3 is 20.0 Å². The smallest absolute Gasteiger partial charge is 0.351 e. The first kappa shape index (κ1) is 30.7. The maximum atomic E-state index is 12.8. The molecular weight excluding hydrogens is 555 g/mol. The van der Waals surface area contributed by atoms with Crippen LogP contribution < -0.4 is 21.8 Å². The summed E-state index contributed by atoms with van der Waals surface area (Å²) in [5.74, 6) is 1.05. The first-order chi connectivity index (χ1) is 18.8. The molecular formula is C30H43N3O4SSi2. The number of aliphatic hydroxyl groups is 1. The lowest BCUT2D eigenvalue weighted by Gasteiger charge is -2.43. The third-order valence-corrected chi connectivity index (χ3v) is 15.9. The maximum absolute atomic E-state index is 12.8. The van der Waals surface area contributed by atoms with Crippen LogP contribution in [0.15, 0.2) is 77.7 Å². The number of anilines is 1. The second-order valence-electron chi connectivity index (χ2n) is 12.7. The number of nitrogen functional groups attached to an aromatic ring is 1. The summed E-state index contributed by atoms with van der Waals surface area (Å²) in [7, 11) is -4.11. The highest BCUT2D eigenvalue weighted by atomic mass is 32.2. The molecule has 2 heterocycles. The molecule has 4 unspecified atom stereocenters. The predicted octanol–water partition coefficient (Wildman–Crippen LogP) is 4.10. The molecule has 40 heavy (non-hydrogen) atoms. The van der Waals surface area contributed by atoms with Gasteiger partial charge in [0.25, 0.3) is 8.32 Å². The Bertz CT molecular complexity index is 1270. The summed E-state index contributed by atoms with van der Waals surface area (Å²) in [5, 5.41) is 13.4. The molecule has 3 aromatic rings. The lowest BCUT2D eigenvalue weighted by atomic mass is 10.2. The molecule has 216 valence electrons. The van der Waals surface area contributed by atoms with Crippen molar-refractivity contribution in [3.8, 4) is 0 Å². The van der Waals surface area contributed by atoms with Crippen molar-refractivity contribution in [3.05, 3.63) is 83.4 Å². The minimum absolute atomic E-state index is 0.161. The van der Waals surface area contributed by atoms with Gasteiger partial charge in [-0.1, -0.05) is 101 Å². The van der Waals surface area contributed by atoms with Crippen molar-refractivity contribution in [2.75, 3.05) is 18.1 Å². The topological polar surface area (TPSA) is 99.6 Å². The first-order valence-electron chi connectivity index (χ1n) is 13.9. The van der Waals surface area contributed by atoms with Crippen LogP contribution in [0.5, 0.6) is 0 Å². The van der Waals surface area contributed by atoms with Gasteiger partial charge in [-0.3, -0.25) is 4.57 Å². The molecule has 0 spiro atoms. The molecule has 0 saturated carbocycles. The summed E-state index contributed by atoms with van der Waals surface area (Å²) in [4.78, 5) is 16.7. The molecule has 7 nitrogen and oxygen atoms in total. The average Bonchev–Trinajstić information content (AvgIpc) is 3.19. The van der Waals surface area contributed by atoms with Gasteiger partial charge in [0.1, 0.15) is 11.9 Å². The number of aliphatic hydroxyl groups excluding tert-OH is 1. The molecule has 3 N–H and O–H groups in total. The van der Waals surface area contributed by atoms with E-state index in [0.717, 1.165) is 22.2 Å². The van der Waals surface area contributed by atoms with Crippen molar-refractivity contribution < 1.29 is 14.3 Å². The summed E-state index contributed by atoms with van der Waals surface area (Å²) in [6.45, 7) is 13.9. The van der Waals surface area contributed by atoms with Crippen LogP contribution in [0.25, 0.3) is 0 Å². The number of hydrogen-bond donors (Lipinski definition) is 2. The second-order valence-corrected chi connectivity index (χ2v) is 23.9. The molecule has 0 radical (unpaired) electrons. The van der Waals surface area contributed by atoms with Gasteiger partial charge in [-0.15, -0.1) is 0 Å². The van der Waals surface area contributed by atoms with Crippen LogP contribution in [0.1, 0.15) is 27.0 Å². The standard InChI is InChI=1S/C30H43N3O4SSi2/c1-30(2,3)40(22-13-9-7-10-14-22,23-15-11-8-12-16-23)36-21-24-26(34)27(38-19-20-39(4,5)6)28(37-24)33-18-17-25(31)32-29(33)35/h7-18,24,26-28,34H,19-21H2,1-6H3,(H2,31,32,35). The Labute approximate surface area is 244 Å². The van der Waals surface area contributed by atoms with Gasteiger partial charge in [-0.25, -0.2) is 4.79 Å². The first-order valence-corrected chi connectivity index (χ1v) is 20.5. The number of ether oxygens (including phenoxy) is 1. The van der Waals surface area contributed by atoms with Crippen LogP contribution in [0, 0.1) is 0 Å². The van der Waals surface area contributed by atoms with Crippen molar-refractivity contribution in [1.82, 2.24) is 9.55 Å². The van der Waals surface area contributed by atoms with Crippen LogP contribution in [0.4, 0.5) is 5.82 Å². The Morgan fingerprint density at radius 2 is 1.60 bits per heavy atom. The van der Waals surface area contributed by atoms with E-state index in [4.69, 9.17) is 14.9 Å². The van der Waals surface area contributed by atoms with Gasteiger partial charge in [-0.05, 0) is 33.3 Å². The maximum Gasteiger partial charge on any atom is 0.351 e. The van der Waals surface area contributed by atoms with Crippen molar-refractivity contribution in [2.45, 2.75) is 75.2 Å². The fourth-order valence-corrected chi connectivity index (χ4v) is 13.8. The number of thioether (sulfide) groups is 1. The van der Waals surface area contributed by atoms with Gasteiger partial charge in [0.15, 0.2) is 6.23 Å². The van der Waals surface area contributed by atoms with Crippen LogP contribution in [-0.2, 0) is 9.16 Å². The number of hydrogen-bond acceptors (Lipinski definition) is 7. The fourth-order valence-electron chi connectivity index (χ4n) is 5.35. The van der Waals surface area contributed by atoms with E-state index in [1.165, 1.54) is 4.57 Å². The lowest BCUT2D eigenvalue weighted by molar-refractivity contribution is -0.0423. The molecule has 0 aliphatic carbocycles. The van der Waals surface area contributed by atoms with Crippen LogP contribution in [-0.4, -0.2) is 60.9 Å². The fraction of sp³-hybridized carbons (Fsp3) is 0.467. The van der Waals surface area contributed by atoms with E-state index in [0.29, 0.717) is 0 Å². The summed E-state index contributed by atoms with van der Waals surface area (Å²) in [6, 6.07) is 23.5. The zero-order chi connectivity index (χ0) is 29.1. The Hall–Kier alpha value is -2.22. The third kappa shape index (κ3) is 6.63. The molecule has 1 aliphatic rings. The van der Waals surface area contributed by atoms with Gasteiger partial charge in [0.05, 0.1) is 18.0 Å². The van der Waals surface area contributed by atoms with Gasteiger partial charge >= 0.3 is 5.69 Å². The van der Waals surface area contributed by atoms with Crippen molar-refractivity contribution in [2.24, 2.45) is 0 Å². The predicted molar refractivity (Wildman–Crippen MR) is 171 cm³/mol. The van der Waals surface area contributed by atoms with Gasteiger partial charge in [0, 0.05) is 14.3 Å². The Morgan fingerprint density at radius 3 is 2.10 bits per heavy atom. The number of benzene rings is 2. The summed E-state index contributed by atoms with van der Waals surface area (Å²) < 4.78 is 15.0. The van der Waals surface area contributed by atoms with Crippen molar-refractivity contribution in [3.63, 3.8) is 0 Å². The summed E-state index contributed by atoms with van der Waals surface area (Å²) >= 11 is 1.67. The molecule has 1 fully saturated rings. The molecule has 1 aliphatic heterocycles. The van der Waals surface area contributed by atoms with Crippen LogP contribution in [0.3, 0.4) is 0 Å². The monoisotopic (exact) mass is 597 g/mol. The van der Waals surface area contributed by atoms with Gasteiger partial charge in [-0.2, -0.15) is 16.7 Å². The van der Waals surface area contributed by atoms with Crippen molar-refractivity contribution in [1.29, 1.82) is 0 Å². The normalized spacial score (nSPS) is 22.0. The van der Waals surface area contributed by atoms with E-state index in [2.05, 4.69) is 93.9 Å².